The summed E-state index contributed by atoms with van der Waals surface area (Å²) in [6.45, 7) is 4.70. The molecular weight excluding hydrogens is 352 g/mol. The monoisotopic (exact) mass is 384 g/mol. The summed E-state index contributed by atoms with van der Waals surface area (Å²) in [7, 11) is 0. The number of carbonyl (C=O) groups is 2. The average Bonchev–Trinajstić information content (AvgIpc) is 3.08. The van der Waals surface area contributed by atoms with Crippen LogP contribution in [0, 0.1) is 0 Å². The highest BCUT2D eigenvalue weighted by atomic mass is 16.2. The predicted octanol–water partition coefficient (Wildman–Crippen LogP) is 2.79. The highest BCUT2D eigenvalue weighted by molar-refractivity contribution is 6.02. The van der Waals surface area contributed by atoms with E-state index in [0.29, 0.717) is 13.1 Å². The van der Waals surface area contributed by atoms with Crippen molar-refractivity contribution in [1.82, 2.24) is 15.2 Å². The van der Waals surface area contributed by atoms with Crippen molar-refractivity contribution in [2.75, 3.05) is 32.7 Å². The van der Waals surface area contributed by atoms with Crippen molar-refractivity contribution in [2.24, 2.45) is 5.10 Å². The van der Waals surface area contributed by atoms with Gasteiger partial charge in [-0.1, -0.05) is 43.2 Å². The quantitative estimate of drug-likeness (QED) is 0.701. The highest BCUT2D eigenvalue weighted by Crippen LogP contribution is 2.15. The number of likely N-dealkylation sites (tertiary alicyclic amines) is 1. The van der Waals surface area contributed by atoms with E-state index in [1.807, 2.05) is 30.3 Å². The van der Waals surface area contributed by atoms with Gasteiger partial charge in [-0.2, -0.15) is 5.10 Å². The van der Waals surface area contributed by atoms with Gasteiger partial charge in [-0.25, -0.2) is 5.01 Å². The first kappa shape index (κ1) is 20.5. The van der Waals surface area contributed by atoms with Crippen LogP contribution in [-0.2, 0) is 9.59 Å². The van der Waals surface area contributed by atoms with Crippen LogP contribution in [0.5, 0.6) is 0 Å². The molecule has 2 aliphatic rings. The Kier molecular flexibility index (Phi) is 8.03. The lowest BCUT2D eigenvalue weighted by Gasteiger charge is -2.19. The van der Waals surface area contributed by atoms with Crippen LogP contribution >= 0.6 is 0 Å². The molecule has 2 amide bonds. The van der Waals surface area contributed by atoms with Crippen LogP contribution in [0.2, 0.25) is 0 Å². The van der Waals surface area contributed by atoms with Gasteiger partial charge in [0.05, 0.1) is 12.3 Å². The Labute approximate surface area is 168 Å². The minimum atomic E-state index is -0.0781. The van der Waals surface area contributed by atoms with Crippen molar-refractivity contribution >= 4 is 17.5 Å². The molecule has 6 nitrogen and oxygen atoms in total. The molecule has 0 aromatic heterocycles. The number of nitrogens with one attached hydrogen (secondary N) is 1. The highest BCUT2D eigenvalue weighted by Gasteiger charge is 2.21. The largest absolute Gasteiger partial charge is 0.356 e. The van der Waals surface area contributed by atoms with Crippen LogP contribution in [0.3, 0.4) is 0 Å². The Morgan fingerprint density at radius 1 is 0.964 bits per heavy atom. The van der Waals surface area contributed by atoms with E-state index in [-0.39, 0.29) is 24.7 Å². The topological polar surface area (TPSA) is 65.0 Å². The maximum absolute atomic E-state index is 12.3. The number of rotatable bonds is 8. The number of hydrogen-bond donors (Lipinski definition) is 1. The fourth-order valence-corrected chi connectivity index (χ4v) is 3.80. The van der Waals surface area contributed by atoms with Crippen molar-refractivity contribution in [3.8, 4) is 0 Å². The summed E-state index contributed by atoms with van der Waals surface area (Å²) < 4.78 is 0. The molecule has 0 atom stereocenters. The average molecular weight is 385 g/mol. The summed E-state index contributed by atoms with van der Waals surface area (Å²) in [6.07, 6.45) is 7.44. The molecule has 0 spiro atoms. The number of carbonyl (C=O) groups excluding carboxylic acids is 2. The van der Waals surface area contributed by atoms with Crippen LogP contribution in [0.1, 0.15) is 56.9 Å². The third-order valence-corrected chi connectivity index (χ3v) is 5.43. The first-order valence-corrected chi connectivity index (χ1v) is 10.6. The van der Waals surface area contributed by atoms with Crippen molar-refractivity contribution in [3.05, 3.63) is 35.9 Å². The zero-order valence-corrected chi connectivity index (χ0v) is 16.7. The maximum atomic E-state index is 12.3. The summed E-state index contributed by atoms with van der Waals surface area (Å²) in [5.74, 6) is -0.124. The first-order chi connectivity index (χ1) is 13.7. The van der Waals surface area contributed by atoms with E-state index >= 15 is 0 Å². The minimum Gasteiger partial charge on any atom is -0.356 e. The Balaban J connectivity index is 1.31. The van der Waals surface area contributed by atoms with Crippen molar-refractivity contribution in [1.29, 1.82) is 0 Å². The molecule has 6 heteroatoms. The summed E-state index contributed by atoms with van der Waals surface area (Å²) >= 11 is 0. The van der Waals surface area contributed by atoms with E-state index in [9.17, 15) is 9.59 Å². The molecule has 1 aromatic carbocycles. The van der Waals surface area contributed by atoms with E-state index in [2.05, 4.69) is 15.3 Å². The Hall–Kier alpha value is -2.21. The molecule has 0 radical (unpaired) electrons. The number of hydrogen-bond acceptors (Lipinski definition) is 4. The molecule has 2 heterocycles. The molecule has 1 aromatic rings. The second-order valence-corrected chi connectivity index (χ2v) is 7.64. The molecule has 0 bridgehead atoms. The van der Waals surface area contributed by atoms with Crippen LogP contribution in [0.25, 0.3) is 0 Å². The molecule has 3 rings (SSSR count). The second-order valence-electron chi connectivity index (χ2n) is 7.64. The van der Waals surface area contributed by atoms with E-state index in [4.69, 9.17) is 0 Å². The molecule has 2 aliphatic heterocycles. The van der Waals surface area contributed by atoms with Gasteiger partial charge in [-0.3, -0.25) is 9.59 Å². The lowest BCUT2D eigenvalue weighted by Crippen LogP contribution is -2.31. The normalized spacial score (nSPS) is 17.9. The number of amides is 2. The number of hydrazone groups is 1. The summed E-state index contributed by atoms with van der Waals surface area (Å²) in [5.41, 5.74) is 1.99. The fourth-order valence-electron chi connectivity index (χ4n) is 3.80. The van der Waals surface area contributed by atoms with Gasteiger partial charge in [0.15, 0.2) is 0 Å². The molecule has 1 fully saturated rings. The number of benzene rings is 1. The molecule has 0 unspecified atom stereocenters. The molecular formula is C22H32N4O2. The molecule has 28 heavy (non-hydrogen) atoms. The van der Waals surface area contributed by atoms with Crippen LogP contribution in [0.15, 0.2) is 35.4 Å². The zero-order chi connectivity index (χ0) is 19.6. The molecule has 0 aliphatic carbocycles. The van der Waals surface area contributed by atoms with Gasteiger partial charge in [0, 0.05) is 25.8 Å². The van der Waals surface area contributed by atoms with Crippen molar-refractivity contribution < 1.29 is 9.59 Å². The molecule has 152 valence electrons. The van der Waals surface area contributed by atoms with E-state index < -0.39 is 0 Å². The summed E-state index contributed by atoms with van der Waals surface area (Å²) in [6, 6.07) is 9.92. The Morgan fingerprint density at radius 3 is 2.46 bits per heavy atom. The van der Waals surface area contributed by atoms with Gasteiger partial charge in [0.1, 0.15) is 0 Å². The van der Waals surface area contributed by atoms with Gasteiger partial charge >= 0.3 is 0 Å². The standard InChI is InChI=1S/C22H32N4O2/c27-21(23-14-8-17-25-15-6-1-2-7-16-25)11-12-22(28)26-18-13-20(24-26)19-9-4-3-5-10-19/h3-5,9-10H,1-2,6-8,11-18H2,(H,23,27). The van der Waals surface area contributed by atoms with Crippen LogP contribution in [-0.4, -0.2) is 60.2 Å². The van der Waals surface area contributed by atoms with Crippen molar-refractivity contribution in [3.63, 3.8) is 0 Å². The molecule has 1 saturated heterocycles. The smallest absolute Gasteiger partial charge is 0.243 e. The third kappa shape index (κ3) is 6.44. The van der Waals surface area contributed by atoms with Crippen LogP contribution < -0.4 is 5.32 Å². The first-order valence-electron chi connectivity index (χ1n) is 10.6. The van der Waals surface area contributed by atoms with E-state index in [0.717, 1.165) is 30.7 Å². The van der Waals surface area contributed by atoms with Gasteiger partial charge in [-0.15, -0.1) is 0 Å². The maximum Gasteiger partial charge on any atom is 0.243 e. The lowest BCUT2D eigenvalue weighted by atomic mass is 10.1. The summed E-state index contributed by atoms with van der Waals surface area (Å²) in [5, 5.41) is 8.89. The molecule has 0 saturated carbocycles. The van der Waals surface area contributed by atoms with E-state index in [1.54, 1.807) is 0 Å². The van der Waals surface area contributed by atoms with E-state index in [1.165, 1.54) is 43.8 Å². The molecule has 1 N–H and O–H groups in total. The third-order valence-electron chi connectivity index (χ3n) is 5.43. The SMILES string of the molecule is O=C(CCC(=O)N1CCC(c2ccccc2)=N1)NCCCN1CCCCCC1. The van der Waals surface area contributed by atoms with Gasteiger partial charge < -0.3 is 10.2 Å². The van der Waals surface area contributed by atoms with Gasteiger partial charge in [0.2, 0.25) is 11.8 Å². The van der Waals surface area contributed by atoms with Gasteiger partial charge in [-0.05, 0) is 44.5 Å². The fraction of sp³-hybridized carbons (Fsp3) is 0.591. The van der Waals surface area contributed by atoms with Gasteiger partial charge in [0.25, 0.3) is 0 Å². The predicted molar refractivity (Wildman–Crippen MR) is 111 cm³/mol. The second kappa shape index (κ2) is 11.0. The minimum absolute atomic E-state index is 0.0457. The summed E-state index contributed by atoms with van der Waals surface area (Å²) in [4.78, 5) is 26.8. The Morgan fingerprint density at radius 2 is 1.71 bits per heavy atom. The van der Waals surface area contributed by atoms with Crippen molar-refractivity contribution in [2.45, 2.75) is 51.4 Å². The lowest BCUT2D eigenvalue weighted by molar-refractivity contribution is -0.133. The van der Waals surface area contributed by atoms with Crippen LogP contribution in [0.4, 0.5) is 0 Å². The zero-order valence-electron chi connectivity index (χ0n) is 16.7. The Bertz CT molecular complexity index is 666. The number of nitrogens with zero attached hydrogens (tertiary/aromatic N) is 3.